The van der Waals surface area contributed by atoms with Crippen molar-refractivity contribution < 1.29 is 5.11 Å². The number of rotatable bonds is 4. The highest BCUT2D eigenvalue weighted by Crippen LogP contribution is 2.42. The fourth-order valence-corrected chi connectivity index (χ4v) is 5.59. The summed E-state index contributed by atoms with van der Waals surface area (Å²) in [5, 5.41) is 19.4. The van der Waals surface area contributed by atoms with E-state index in [0.717, 1.165) is 9.84 Å². The summed E-state index contributed by atoms with van der Waals surface area (Å²) in [6.45, 7) is 1.85. The van der Waals surface area contributed by atoms with Gasteiger partial charge in [0.1, 0.15) is 5.82 Å². The maximum atomic E-state index is 10.8. The molecule has 0 saturated heterocycles. The summed E-state index contributed by atoms with van der Waals surface area (Å²) >= 11 is 3.25. The molecule has 0 radical (unpaired) electrons. The van der Waals surface area contributed by atoms with E-state index in [1.165, 1.54) is 37.7 Å². The molecule has 0 unspecified atom stereocenters. The van der Waals surface area contributed by atoms with Gasteiger partial charge in [0.05, 0.1) is 10.9 Å². The Labute approximate surface area is 149 Å². The fourth-order valence-electron chi connectivity index (χ4n) is 3.73. The summed E-state index contributed by atoms with van der Waals surface area (Å²) in [7, 11) is 2.19. The molecule has 0 aliphatic heterocycles. The highest BCUT2D eigenvalue weighted by Gasteiger charge is 2.32. The van der Waals surface area contributed by atoms with E-state index < -0.39 is 0 Å². The zero-order valence-corrected chi connectivity index (χ0v) is 15.6. The number of thiazole rings is 1. The van der Waals surface area contributed by atoms with Gasteiger partial charge in [-0.15, -0.1) is 5.10 Å². The summed E-state index contributed by atoms with van der Waals surface area (Å²) < 4.78 is 1.57. The van der Waals surface area contributed by atoms with Crippen LogP contribution in [0.25, 0.3) is 4.96 Å². The molecule has 3 aromatic heterocycles. The predicted octanol–water partition coefficient (Wildman–Crippen LogP) is 4.22. The van der Waals surface area contributed by atoms with Gasteiger partial charge in [-0.2, -0.15) is 15.9 Å². The monoisotopic (exact) mass is 362 g/mol. The molecule has 0 bridgehead atoms. The number of aryl methyl sites for hydroxylation is 1. The molecule has 24 heavy (non-hydrogen) atoms. The van der Waals surface area contributed by atoms with Crippen LogP contribution in [0, 0.1) is 6.92 Å². The molecule has 1 N–H and O–H groups in total. The Morgan fingerprint density at radius 1 is 1.33 bits per heavy atom. The second kappa shape index (κ2) is 6.46. The molecule has 4 rings (SSSR count). The average molecular weight is 363 g/mol. The molecule has 1 atom stereocenters. The second-order valence-electron chi connectivity index (χ2n) is 6.56. The summed E-state index contributed by atoms with van der Waals surface area (Å²) in [6, 6.07) is 2.79. The molecule has 3 aromatic rings. The maximum Gasteiger partial charge on any atom is 0.230 e. The number of nitrogens with zero attached hydrogens (tertiary/aromatic N) is 4. The third kappa shape index (κ3) is 2.74. The van der Waals surface area contributed by atoms with Gasteiger partial charge in [-0.05, 0) is 49.2 Å². The lowest BCUT2D eigenvalue weighted by atomic mass is 9.92. The molecule has 0 amide bonds. The van der Waals surface area contributed by atoms with Crippen molar-refractivity contribution in [1.82, 2.24) is 19.5 Å². The molecular formula is C17H22N4OS2. The number of hydrogen-bond acceptors (Lipinski definition) is 6. The van der Waals surface area contributed by atoms with Gasteiger partial charge in [0, 0.05) is 6.04 Å². The fraction of sp³-hybridized carbons (Fsp3) is 0.529. The maximum absolute atomic E-state index is 10.8. The van der Waals surface area contributed by atoms with Crippen molar-refractivity contribution in [2.75, 3.05) is 7.05 Å². The van der Waals surface area contributed by atoms with Gasteiger partial charge < -0.3 is 5.11 Å². The highest BCUT2D eigenvalue weighted by atomic mass is 32.1. The topological polar surface area (TPSA) is 53.7 Å². The van der Waals surface area contributed by atoms with Crippen LogP contribution >= 0.6 is 22.7 Å². The number of fused-ring (bicyclic) bond motifs is 1. The summed E-state index contributed by atoms with van der Waals surface area (Å²) in [6.07, 6.45) is 6.40. The van der Waals surface area contributed by atoms with Crippen LogP contribution in [-0.4, -0.2) is 37.7 Å². The van der Waals surface area contributed by atoms with E-state index in [2.05, 4.69) is 38.9 Å². The predicted molar refractivity (Wildman–Crippen MR) is 98.1 cm³/mol. The molecule has 7 heteroatoms. The molecular weight excluding hydrogens is 340 g/mol. The Bertz CT molecular complexity index is 817. The summed E-state index contributed by atoms with van der Waals surface area (Å²) in [5.41, 5.74) is 1.24. The number of thiophene rings is 1. The third-order valence-electron chi connectivity index (χ3n) is 4.97. The Balaban J connectivity index is 1.76. The molecule has 0 spiro atoms. The van der Waals surface area contributed by atoms with E-state index in [4.69, 9.17) is 0 Å². The van der Waals surface area contributed by atoms with E-state index in [0.29, 0.717) is 11.9 Å². The van der Waals surface area contributed by atoms with Gasteiger partial charge in [-0.3, -0.25) is 4.90 Å². The van der Waals surface area contributed by atoms with E-state index in [1.54, 1.807) is 27.2 Å². The van der Waals surface area contributed by atoms with Crippen molar-refractivity contribution in [2.45, 2.75) is 51.1 Å². The van der Waals surface area contributed by atoms with Crippen molar-refractivity contribution in [1.29, 1.82) is 0 Å². The zero-order valence-electron chi connectivity index (χ0n) is 14.0. The molecule has 3 heterocycles. The van der Waals surface area contributed by atoms with E-state index in [9.17, 15) is 5.11 Å². The zero-order chi connectivity index (χ0) is 16.7. The van der Waals surface area contributed by atoms with Gasteiger partial charge in [-0.1, -0.05) is 30.6 Å². The molecule has 128 valence electrons. The molecule has 1 fully saturated rings. The lowest BCUT2D eigenvalue weighted by Gasteiger charge is -2.36. The normalized spacial score (nSPS) is 17.8. The minimum atomic E-state index is 0.0631. The van der Waals surface area contributed by atoms with Crippen LogP contribution in [0.15, 0.2) is 16.8 Å². The highest BCUT2D eigenvalue weighted by molar-refractivity contribution is 7.17. The van der Waals surface area contributed by atoms with Crippen LogP contribution in [0.5, 0.6) is 5.88 Å². The molecule has 1 saturated carbocycles. The first-order chi connectivity index (χ1) is 11.6. The first-order valence-electron chi connectivity index (χ1n) is 8.44. The van der Waals surface area contributed by atoms with Crippen LogP contribution in [0.3, 0.4) is 0 Å². The Kier molecular flexibility index (Phi) is 4.32. The van der Waals surface area contributed by atoms with Gasteiger partial charge in [-0.25, -0.2) is 4.98 Å². The standard InChI is InChI=1S/C17H22N4OS2/c1-11-18-17-21(19-11)16(22)15(24-17)14(12-8-9-23-10-12)20(2)13-6-4-3-5-7-13/h8-10,13-14,22H,3-7H2,1-2H3/t14-/m1/s1. The molecule has 1 aliphatic rings. The van der Waals surface area contributed by atoms with Crippen LogP contribution in [0.2, 0.25) is 0 Å². The minimum Gasteiger partial charge on any atom is -0.492 e. The lowest BCUT2D eigenvalue weighted by Crippen LogP contribution is -2.36. The summed E-state index contributed by atoms with van der Waals surface area (Å²) in [4.78, 5) is 8.57. The van der Waals surface area contributed by atoms with Crippen molar-refractivity contribution >= 4 is 27.6 Å². The first kappa shape index (κ1) is 16.1. The van der Waals surface area contributed by atoms with Gasteiger partial charge in [0.15, 0.2) is 0 Å². The van der Waals surface area contributed by atoms with Crippen molar-refractivity contribution in [3.05, 3.63) is 33.1 Å². The van der Waals surface area contributed by atoms with Crippen molar-refractivity contribution in [3.63, 3.8) is 0 Å². The van der Waals surface area contributed by atoms with E-state index in [1.807, 2.05) is 6.92 Å². The van der Waals surface area contributed by atoms with E-state index >= 15 is 0 Å². The molecule has 1 aliphatic carbocycles. The first-order valence-corrected chi connectivity index (χ1v) is 10.2. The van der Waals surface area contributed by atoms with Gasteiger partial charge in [0.25, 0.3) is 0 Å². The number of aromatic hydroxyl groups is 1. The lowest BCUT2D eigenvalue weighted by molar-refractivity contribution is 0.157. The Morgan fingerprint density at radius 3 is 2.79 bits per heavy atom. The van der Waals surface area contributed by atoms with Crippen LogP contribution in [0.4, 0.5) is 0 Å². The summed E-state index contributed by atoms with van der Waals surface area (Å²) in [5.74, 6) is 0.922. The van der Waals surface area contributed by atoms with Gasteiger partial charge in [0.2, 0.25) is 10.8 Å². The van der Waals surface area contributed by atoms with Crippen molar-refractivity contribution in [3.8, 4) is 5.88 Å². The number of hydrogen-bond donors (Lipinski definition) is 1. The second-order valence-corrected chi connectivity index (χ2v) is 8.35. The average Bonchev–Trinajstić information content (AvgIpc) is 3.29. The Hall–Kier alpha value is -1.44. The molecule has 0 aromatic carbocycles. The van der Waals surface area contributed by atoms with Gasteiger partial charge >= 0.3 is 0 Å². The van der Waals surface area contributed by atoms with Crippen molar-refractivity contribution in [2.24, 2.45) is 0 Å². The largest absolute Gasteiger partial charge is 0.492 e. The van der Waals surface area contributed by atoms with Crippen LogP contribution in [-0.2, 0) is 0 Å². The minimum absolute atomic E-state index is 0.0631. The van der Waals surface area contributed by atoms with E-state index in [-0.39, 0.29) is 11.9 Å². The quantitative estimate of drug-likeness (QED) is 0.755. The molecule has 5 nitrogen and oxygen atoms in total. The Morgan fingerprint density at radius 2 is 2.12 bits per heavy atom. The smallest absolute Gasteiger partial charge is 0.230 e. The van der Waals surface area contributed by atoms with Crippen LogP contribution < -0.4 is 0 Å². The number of aromatic nitrogens is 3. The van der Waals surface area contributed by atoms with Crippen LogP contribution in [0.1, 0.15) is 54.4 Å². The third-order valence-corrected chi connectivity index (χ3v) is 6.74. The SMILES string of the molecule is Cc1nc2sc([C@@H](c3ccsc3)N(C)C3CCCCC3)c(O)n2n1.